The fourth-order valence-electron chi connectivity index (χ4n) is 1.82. The van der Waals surface area contributed by atoms with Crippen molar-refractivity contribution in [1.82, 2.24) is 10.3 Å². The second kappa shape index (κ2) is 6.54. The molecule has 22 heavy (non-hydrogen) atoms. The monoisotopic (exact) mass is 320 g/mol. The number of primary sulfonamides is 1. The van der Waals surface area contributed by atoms with Gasteiger partial charge in [0.2, 0.25) is 10.0 Å². The Balaban J connectivity index is 2.00. The molecule has 0 aliphatic rings. The molecule has 4 N–H and O–H groups in total. The number of nitrogens with zero attached hydrogens (tertiary/aromatic N) is 1. The number of sulfonamides is 1. The molecule has 0 radical (unpaired) electrons. The lowest BCUT2D eigenvalue weighted by molar-refractivity contribution is 0.249. The van der Waals surface area contributed by atoms with E-state index in [-0.39, 0.29) is 10.9 Å². The van der Waals surface area contributed by atoms with Crippen molar-refractivity contribution in [2.45, 2.75) is 17.9 Å². The van der Waals surface area contributed by atoms with Crippen LogP contribution in [0.1, 0.15) is 18.5 Å². The average molecular weight is 320 g/mol. The Hall–Kier alpha value is -2.45. The highest BCUT2D eigenvalue weighted by atomic mass is 32.2. The van der Waals surface area contributed by atoms with Gasteiger partial charge in [0.15, 0.2) is 0 Å². The predicted molar refractivity (Wildman–Crippen MR) is 82.6 cm³/mol. The highest BCUT2D eigenvalue weighted by molar-refractivity contribution is 7.89. The maximum absolute atomic E-state index is 11.8. The number of nitrogens with two attached hydrogens (primary N) is 1. The second-order valence-corrected chi connectivity index (χ2v) is 6.21. The molecule has 1 unspecified atom stereocenters. The first kappa shape index (κ1) is 15.9. The molecule has 2 amide bonds. The number of nitrogens with one attached hydrogen (secondary N) is 2. The molecule has 0 fully saturated rings. The fraction of sp³-hybridized carbons (Fsp3) is 0.143. The molecule has 8 heteroatoms. The van der Waals surface area contributed by atoms with Gasteiger partial charge in [0, 0.05) is 6.20 Å². The Kier molecular flexibility index (Phi) is 4.74. The van der Waals surface area contributed by atoms with E-state index in [1.54, 1.807) is 43.5 Å². The first-order chi connectivity index (χ1) is 10.4. The van der Waals surface area contributed by atoms with Crippen molar-refractivity contribution in [3.05, 3.63) is 54.2 Å². The zero-order valence-electron chi connectivity index (χ0n) is 11.9. The van der Waals surface area contributed by atoms with Gasteiger partial charge in [-0.1, -0.05) is 18.2 Å². The maximum atomic E-state index is 11.8. The summed E-state index contributed by atoms with van der Waals surface area (Å²) in [6, 6.07) is 10.5. The topological polar surface area (TPSA) is 114 Å². The summed E-state index contributed by atoms with van der Waals surface area (Å²) in [6.45, 7) is 1.78. The van der Waals surface area contributed by atoms with Crippen molar-refractivity contribution in [1.29, 1.82) is 0 Å². The van der Waals surface area contributed by atoms with E-state index in [0.717, 1.165) is 5.56 Å². The average Bonchev–Trinajstić information content (AvgIpc) is 2.47. The van der Waals surface area contributed by atoms with Crippen molar-refractivity contribution >= 4 is 21.9 Å². The predicted octanol–water partition coefficient (Wildman–Crippen LogP) is 1.61. The first-order valence-corrected chi connectivity index (χ1v) is 8.02. The summed E-state index contributed by atoms with van der Waals surface area (Å²) in [4.78, 5) is 15.9. The van der Waals surface area contributed by atoms with E-state index in [1.165, 1.54) is 12.1 Å². The van der Waals surface area contributed by atoms with Crippen LogP contribution in [0.3, 0.4) is 0 Å². The van der Waals surface area contributed by atoms with Gasteiger partial charge in [0.25, 0.3) is 0 Å². The fourth-order valence-corrected chi connectivity index (χ4v) is 2.33. The van der Waals surface area contributed by atoms with E-state index in [1.807, 2.05) is 0 Å². The van der Waals surface area contributed by atoms with Crippen LogP contribution in [0.25, 0.3) is 0 Å². The SMILES string of the molecule is CC(NC(=O)Nc1ccccn1)c1ccc(S(N)(=O)=O)cc1. The van der Waals surface area contributed by atoms with Gasteiger partial charge >= 0.3 is 6.03 Å². The van der Waals surface area contributed by atoms with E-state index < -0.39 is 16.1 Å². The lowest BCUT2D eigenvalue weighted by Gasteiger charge is -2.15. The van der Waals surface area contributed by atoms with Gasteiger partial charge in [-0.3, -0.25) is 5.32 Å². The molecule has 7 nitrogen and oxygen atoms in total. The number of aromatic nitrogens is 1. The van der Waals surface area contributed by atoms with Crippen LogP contribution in [0.15, 0.2) is 53.6 Å². The van der Waals surface area contributed by atoms with Crippen molar-refractivity contribution in [3.8, 4) is 0 Å². The molecule has 2 rings (SSSR count). The minimum absolute atomic E-state index is 0.0291. The van der Waals surface area contributed by atoms with Crippen LogP contribution in [0, 0.1) is 0 Å². The molecule has 1 aromatic carbocycles. The normalized spacial score (nSPS) is 12.5. The summed E-state index contributed by atoms with van der Waals surface area (Å²) in [5.41, 5.74) is 0.753. The van der Waals surface area contributed by atoms with Gasteiger partial charge in [0.1, 0.15) is 5.82 Å². The van der Waals surface area contributed by atoms with Crippen LogP contribution in [0.4, 0.5) is 10.6 Å². The number of benzene rings is 1. The third kappa shape index (κ3) is 4.27. The number of hydrogen-bond acceptors (Lipinski definition) is 4. The molecule has 1 heterocycles. The number of urea groups is 1. The van der Waals surface area contributed by atoms with Crippen molar-refractivity contribution in [2.24, 2.45) is 5.14 Å². The van der Waals surface area contributed by atoms with Crippen LogP contribution in [-0.2, 0) is 10.0 Å². The minimum atomic E-state index is -3.72. The number of anilines is 1. The van der Waals surface area contributed by atoms with E-state index in [2.05, 4.69) is 15.6 Å². The quantitative estimate of drug-likeness (QED) is 0.794. The number of amides is 2. The lowest BCUT2D eigenvalue weighted by atomic mass is 10.1. The Morgan fingerprint density at radius 1 is 1.18 bits per heavy atom. The number of pyridine rings is 1. The Labute approximate surface area is 128 Å². The Bertz CT molecular complexity index is 745. The molecule has 0 aliphatic carbocycles. The molecular weight excluding hydrogens is 304 g/mol. The summed E-state index contributed by atoms with van der Waals surface area (Å²) >= 11 is 0. The van der Waals surface area contributed by atoms with Gasteiger partial charge in [-0.05, 0) is 36.8 Å². The summed E-state index contributed by atoms with van der Waals surface area (Å²) in [5, 5.41) is 10.4. The number of carbonyl (C=O) groups is 1. The van der Waals surface area contributed by atoms with E-state index in [4.69, 9.17) is 5.14 Å². The molecule has 0 saturated carbocycles. The van der Waals surface area contributed by atoms with Gasteiger partial charge in [-0.25, -0.2) is 23.3 Å². The van der Waals surface area contributed by atoms with Crippen LogP contribution in [-0.4, -0.2) is 19.4 Å². The lowest BCUT2D eigenvalue weighted by Crippen LogP contribution is -2.31. The third-order valence-electron chi connectivity index (χ3n) is 2.96. The molecule has 0 saturated heterocycles. The number of carbonyl (C=O) groups excluding carboxylic acids is 1. The summed E-state index contributed by atoms with van der Waals surface area (Å²) in [7, 11) is -3.72. The van der Waals surface area contributed by atoms with Gasteiger partial charge in [-0.2, -0.15) is 0 Å². The van der Waals surface area contributed by atoms with Crippen LogP contribution < -0.4 is 15.8 Å². The smallest absolute Gasteiger partial charge is 0.320 e. The molecule has 116 valence electrons. The zero-order chi connectivity index (χ0) is 16.2. The standard InChI is InChI=1S/C14H16N4O3S/c1-10(11-5-7-12(8-6-11)22(15,20)21)17-14(19)18-13-4-2-3-9-16-13/h2-10H,1H3,(H2,15,20,21)(H2,16,17,18,19). The van der Waals surface area contributed by atoms with Gasteiger partial charge < -0.3 is 5.32 Å². The van der Waals surface area contributed by atoms with Crippen molar-refractivity contribution in [3.63, 3.8) is 0 Å². The van der Waals surface area contributed by atoms with E-state index >= 15 is 0 Å². The highest BCUT2D eigenvalue weighted by Gasteiger charge is 2.12. The molecule has 0 spiro atoms. The Morgan fingerprint density at radius 3 is 2.41 bits per heavy atom. The number of hydrogen-bond donors (Lipinski definition) is 3. The molecule has 1 atom stereocenters. The molecule has 1 aromatic heterocycles. The second-order valence-electron chi connectivity index (χ2n) is 4.65. The van der Waals surface area contributed by atoms with E-state index in [0.29, 0.717) is 5.82 Å². The van der Waals surface area contributed by atoms with Crippen LogP contribution in [0.5, 0.6) is 0 Å². The van der Waals surface area contributed by atoms with E-state index in [9.17, 15) is 13.2 Å². The zero-order valence-corrected chi connectivity index (χ0v) is 12.7. The first-order valence-electron chi connectivity index (χ1n) is 6.47. The summed E-state index contributed by atoms with van der Waals surface area (Å²) in [6.07, 6.45) is 1.57. The highest BCUT2D eigenvalue weighted by Crippen LogP contribution is 2.15. The third-order valence-corrected chi connectivity index (χ3v) is 3.89. The van der Waals surface area contributed by atoms with Gasteiger partial charge in [0.05, 0.1) is 10.9 Å². The molecule has 0 bridgehead atoms. The molecule has 0 aliphatic heterocycles. The largest absolute Gasteiger partial charge is 0.331 e. The maximum Gasteiger partial charge on any atom is 0.320 e. The minimum Gasteiger partial charge on any atom is -0.331 e. The number of rotatable bonds is 4. The van der Waals surface area contributed by atoms with Gasteiger partial charge in [-0.15, -0.1) is 0 Å². The van der Waals surface area contributed by atoms with Crippen molar-refractivity contribution in [2.75, 3.05) is 5.32 Å². The summed E-state index contributed by atoms with van der Waals surface area (Å²) < 4.78 is 22.4. The van der Waals surface area contributed by atoms with Crippen LogP contribution in [0.2, 0.25) is 0 Å². The Morgan fingerprint density at radius 2 is 1.86 bits per heavy atom. The molecule has 2 aromatic rings. The molecular formula is C14H16N4O3S. The summed E-state index contributed by atoms with van der Waals surface area (Å²) in [5.74, 6) is 0.441. The van der Waals surface area contributed by atoms with Crippen molar-refractivity contribution < 1.29 is 13.2 Å². The van der Waals surface area contributed by atoms with Crippen LogP contribution >= 0.6 is 0 Å².